The van der Waals surface area contributed by atoms with Crippen LogP contribution in [0.3, 0.4) is 0 Å². The van der Waals surface area contributed by atoms with E-state index in [0.717, 1.165) is 6.20 Å². The third-order valence-electron chi connectivity index (χ3n) is 2.62. The number of hydrogen-bond donors (Lipinski definition) is 0. The topological polar surface area (TPSA) is 84.0 Å². The molecule has 0 atom stereocenters. The average molecular weight is 264 g/mol. The molecule has 1 aromatic rings. The molecular formula is C8H10ClN3O3S. The Balaban J connectivity index is 2.18. The number of halogens is 1. The zero-order valence-corrected chi connectivity index (χ0v) is 9.91. The third kappa shape index (κ3) is 2.16. The van der Waals surface area contributed by atoms with E-state index in [-0.39, 0.29) is 16.9 Å². The summed E-state index contributed by atoms with van der Waals surface area (Å²) in [5, 5.41) is 14.6. The van der Waals surface area contributed by atoms with Gasteiger partial charge in [0.25, 0.3) is 0 Å². The molecule has 1 saturated heterocycles. The predicted molar refractivity (Wildman–Crippen MR) is 60.0 cm³/mol. The molecule has 88 valence electrons. The van der Waals surface area contributed by atoms with Crippen LogP contribution < -0.4 is 0 Å². The quantitative estimate of drug-likeness (QED) is 0.460. The van der Waals surface area contributed by atoms with Gasteiger partial charge in [-0.1, -0.05) is 22.8 Å². The summed E-state index contributed by atoms with van der Waals surface area (Å²) >= 11 is 5.11. The molecule has 0 radical (unpaired) electrons. The third-order valence-corrected chi connectivity index (χ3v) is 4.37. The lowest BCUT2D eigenvalue weighted by Crippen LogP contribution is -2.26. The highest BCUT2D eigenvalue weighted by Crippen LogP contribution is 2.31. The van der Waals surface area contributed by atoms with Gasteiger partial charge in [-0.05, 0) is 0 Å². The van der Waals surface area contributed by atoms with Gasteiger partial charge in [-0.3, -0.25) is 10.1 Å². The Labute approximate surface area is 99.9 Å². The van der Waals surface area contributed by atoms with E-state index >= 15 is 0 Å². The first-order valence-corrected chi connectivity index (χ1v) is 6.68. The second kappa shape index (κ2) is 4.60. The highest BCUT2D eigenvalue weighted by Gasteiger charge is 2.28. The SMILES string of the molecule is O=[N+]([O-])c1cnn(C2CC[S+]([O-])CC2)c1Cl. The van der Waals surface area contributed by atoms with Crippen molar-refractivity contribution in [1.82, 2.24) is 9.78 Å². The molecule has 6 nitrogen and oxygen atoms in total. The zero-order valence-electron chi connectivity index (χ0n) is 8.34. The predicted octanol–water partition coefficient (Wildman–Crippen LogP) is 1.53. The maximum Gasteiger partial charge on any atom is 0.325 e. The van der Waals surface area contributed by atoms with Gasteiger partial charge < -0.3 is 4.55 Å². The summed E-state index contributed by atoms with van der Waals surface area (Å²) in [4.78, 5) is 10.0. The van der Waals surface area contributed by atoms with Crippen molar-refractivity contribution in [3.63, 3.8) is 0 Å². The van der Waals surface area contributed by atoms with Crippen molar-refractivity contribution in [3.05, 3.63) is 21.5 Å². The van der Waals surface area contributed by atoms with Crippen LogP contribution in [0.2, 0.25) is 5.15 Å². The van der Waals surface area contributed by atoms with Gasteiger partial charge in [0.05, 0.1) is 11.0 Å². The van der Waals surface area contributed by atoms with E-state index in [9.17, 15) is 14.7 Å². The van der Waals surface area contributed by atoms with Crippen LogP contribution in [-0.4, -0.2) is 30.8 Å². The van der Waals surface area contributed by atoms with Crippen molar-refractivity contribution in [2.24, 2.45) is 0 Å². The second-order valence-electron chi connectivity index (χ2n) is 3.60. The van der Waals surface area contributed by atoms with Crippen LogP contribution >= 0.6 is 11.6 Å². The van der Waals surface area contributed by atoms with E-state index in [1.165, 1.54) is 4.68 Å². The molecule has 0 unspecified atom stereocenters. The summed E-state index contributed by atoms with van der Waals surface area (Å²) in [7, 11) is 0. The fourth-order valence-electron chi connectivity index (χ4n) is 1.74. The molecule has 2 rings (SSSR count). The molecule has 0 aromatic carbocycles. The van der Waals surface area contributed by atoms with Gasteiger partial charge in [0.2, 0.25) is 5.15 Å². The highest BCUT2D eigenvalue weighted by atomic mass is 35.5. The van der Waals surface area contributed by atoms with Gasteiger partial charge in [0.1, 0.15) is 17.7 Å². The van der Waals surface area contributed by atoms with Crippen molar-refractivity contribution in [1.29, 1.82) is 0 Å². The number of nitro groups is 1. The average Bonchev–Trinajstić information content (AvgIpc) is 2.61. The Kier molecular flexibility index (Phi) is 3.36. The molecule has 1 aliphatic rings. The van der Waals surface area contributed by atoms with E-state index in [2.05, 4.69) is 5.10 Å². The lowest BCUT2D eigenvalue weighted by molar-refractivity contribution is -0.384. The van der Waals surface area contributed by atoms with Gasteiger partial charge >= 0.3 is 5.69 Å². The molecule has 2 heterocycles. The van der Waals surface area contributed by atoms with Crippen molar-refractivity contribution >= 4 is 28.5 Å². The summed E-state index contributed by atoms with van der Waals surface area (Å²) in [6, 6.07) is 0.0268. The Morgan fingerprint density at radius 3 is 2.69 bits per heavy atom. The normalized spacial score (nSPS) is 25.6. The minimum atomic E-state index is -0.761. The zero-order chi connectivity index (χ0) is 11.7. The van der Waals surface area contributed by atoms with Crippen LogP contribution in [0.5, 0.6) is 0 Å². The number of nitrogens with zero attached hydrogens (tertiary/aromatic N) is 3. The molecule has 1 fully saturated rings. The summed E-state index contributed by atoms with van der Waals surface area (Å²) < 4.78 is 12.6. The molecular weight excluding hydrogens is 254 g/mol. The molecule has 0 aliphatic carbocycles. The fourth-order valence-corrected chi connectivity index (χ4v) is 3.31. The van der Waals surface area contributed by atoms with E-state index < -0.39 is 16.1 Å². The van der Waals surface area contributed by atoms with Crippen molar-refractivity contribution < 1.29 is 9.48 Å². The van der Waals surface area contributed by atoms with Crippen molar-refractivity contribution in [3.8, 4) is 0 Å². The number of hydrogen-bond acceptors (Lipinski definition) is 4. The van der Waals surface area contributed by atoms with Crippen LogP contribution in [0.4, 0.5) is 5.69 Å². The van der Waals surface area contributed by atoms with Crippen LogP contribution in [-0.2, 0) is 11.2 Å². The molecule has 1 aliphatic heterocycles. The maximum atomic E-state index is 11.2. The van der Waals surface area contributed by atoms with Gasteiger partial charge in [-0.2, -0.15) is 5.10 Å². The maximum absolute atomic E-state index is 11.2. The van der Waals surface area contributed by atoms with E-state index in [4.69, 9.17) is 11.6 Å². The number of rotatable bonds is 2. The Hall–Kier alpha value is -0.790. The van der Waals surface area contributed by atoms with Crippen molar-refractivity contribution in [2.45, 2.75) is 18.9 Å². The van der Waals surface area contributed by atoms with Crippen LogP contribution in [0, 0.1) is 10.1 Å². The first-order valence-electron chi connectivity index (χ1n) is 4.82. The highest BCUT2D eigenvalue weighted by molar-refractivity contribution is 7.91. The van der Waals surface area contributed by atoms with Gasteiger partial charge in [-0.15, -0.1) is 0 Å². The Morgan fingerprint density at radius 1 is 1.56 bits per heavy atom. The molecule has 0 amide bonds. The summed E-state index contributed by atoms with van der Waals surface area (Å²) in [6.45, 7) is 0. The molecule has 1 aromatic heterocycles. The fraction of sp³-hybridized carbons (Fsp3) is 0.625. The first-order chi connectivity index (χ1) is 7.59. The first kappa shape index (κ1) is 11.7. The van der Waals surface area contributed by atoms with Crippen LogP contribution in [0.15, 0.2) is 6.20 Å². The minimum absolute atomic E-state index is 0.0268. The molecule has 0 spiro atoms. The molecule has 0 bridgehead atoms. The standard InChI is InChI=1S/C8H10ClN3O3S/c9-8-7(12(13)14)5-10-11(8)6-1-3-16(15)4-2-6/h5-6H,1-4H2. The largest absolute Gasteiger partial charge is 0.616 e. The monoisotopic (exact) mass is 263 g/mol. The van der Waals surface area contributed by atoms with E-state index in [1.807, 2.05) is 0 Å². The smallest absolute Gasteiger partial charge is 0.325 e. The van der Waals surface area contributed by atoms with Crippen molar-refractivity contribution in [2.75, 3.05) is 11.5 Å². The Bertz CT molecular complexity index is 403. The van der Waals surface area contributed by atoms with Gasteiger partial charge in [0, 0.05) is 12.8 Å². The molecule has 0 N–H and O–H groups in total. The summed E-state index contributed by atoms with van der Waals surface area (Å²) in [6.07, 6.45) is 2.56. The second-order valence-corrected chi connectivity index (χ2v) is 5.66. The molecule has 16 heavy (non-hydrogen) atoms. The lowest BCUT2D eigenvalue weighted by Gasteiger charge is -2.24. The summed E-state index contributed by atoms with van der Waals surface area (Å²) in [5.41, 5.74) is -0.173. The number of aromatic nitrogens is 2. The molecule has 8 heteroatoms. The summed E-state index contributed by atoms with van der Waals surface area (Å²) in [5.74, 6) is 1.21. The van der Waals surface area contributed by atoms with Crippen LogP contribution in [0.25, 0.3) is 0 Å². The van der Waals surface area contributed by atoms with Gasteiger partial charge in [-0.25, -0.2) is 4.68 Å². The van der Waals surface area contributed by atoms with E-state index in [1.54, 1.807) is 0 Å². The van der Waals surface area contributed by atoms with Gasteiger partial charge in [0.15, 0.2) is 0 Å². The Morgan fingerprint density at radius 2 is 2.19 bits per heavy atom. The van der Waals surface area contributed by atoms with E-state index in [0.29, 0.717) is 24.3 Å². The minimum Gasteiger partial charge on any atom is -0.616 e. The molecule has 0 saturated carbocycles. The van der Waals surface area contributed by atoms with Crippen LogP contribution in [0.1, 0.15) is 18.9 Å². The lowest BCUT2D eigenvalue weighted by atomic mass is 10.2.